The molecule has 3 fully saturated rings. The van der Waals surface area contributed by atoms with Crippen LogP contribution in [-0.4, -0.2) is 88.8 Å². The van der Waals surface area contributed by atoms with Crippen molar-refractivity contribution in [1.29, 1.82) is 0 Å². The number of likely N-dealkylation sites (tertiary alicyclic amines) is 1. The van der Waals surface area contributed by atoms with Crippen molar-refractivity contribution in [2.24, 2.45) is 17.8 Å². The highest BCUT2D eigenvalue weighted by molar-refractivity contribution is 7.91. The molecule has 0 spiro atoms. The number of carboxylic acid groups (broad SMARTS) is 1. The second kappa shape index (κ2) is 16.4. The largest absolute Gasteiger partial charge is 0.465 e. The lowest BCUT2D eigenvalue weighted by Crippen LogP contribution is -2.58. The van der Waals surface area contributed by atoms with Crippen molar-refractivity contribution < 1.29 is 46.6 Å². The van der Waals surface area contributed by atoms with Crippen molar-refractivity contribution in [2.45, 2.75) is 110 Å². The van der Waals surface area contributed by atoms with E-state index in [2.05, 4.69) is 42.7 Å². The number of nitrogens with one attached hydrogen (secondary N) is 3. The van der Waals surface area contributed by atoms with Gasteiger partial charge in [-0.15, -0.1) is 6.58 Å². The summed E-state index contributed by atoms with van der Waals surface area (Å²) in [6.45, 7) is 17.5. The minimum absolute atomic E-state index is 0.164. The van der Waals surface area contributed by atoms with Crippen molar-refractivity contribution in [3.63, 3.8) is 0 Å². The molecule has 1 aromatic rings. The van der Waals surface area contributed by atoms with E-state index in [0.717, 1.165) is 11.5 Å². The summed E-state index contributed by atoms with van der Waals surface area (Å²) in [5, 5.41) is 13.2. The molecule has 14 nitrogen and oxygen atoms in total. The van der Waals surface area contributed by atoms with Crippen LogP contribution < -0.4 is 15.4 Å². The lowest BCUT2D eigenvalue weighted by molar-refractivity contribution is -0.140. The van der Waals surface area contributed by atoms with Crippen LogP contribution in [0.25, 0.3) is 0 Å². The molecular weight excluding hydrogens is 685 g/mol. The third kappa shape index (κ3) is 11.1. The Bertz CT molecular complexity index is 1610. The Labute approximate surface area is 299 Å². The quantitative estimate of drug-likeness (QED) is 0.287. The first-order chi connectivity index (χ1) is 23.6. The fourth-order valence-electron chi connectivity index (χ4n) is 5.72. The second-order valence-corrected chi connectivity index (χ2v) is 17.0. The number of hydrogen-bond donors (Lipinski definition) is 4. The molecule has 2 unspecified atom stereocenters. The summed E-state index contributed by atoms with van der Waals surface area (Å²) in [4.78, 5) is 63.9. The molecule has 1 saturated heterocycles. The Hall–Kier alpha value is -4.21. The van der Waals surface area contributed by atoms with E-state index in [9.17, 15) is 36.8 Å². The normalized spacial score (nSPS) is 23.4. The van der Waals surface area contributed by atoms with Crippen LogP contribution in [0.2, 0.25) is 0 Å². The summed E-state index contributed by atoms with van der Waals surface area (Å²) in [7, 11) is -3.78. The number of halogens is 1. The van der Waals surface area contributed by atoms with Crippen molar-refractivity contribution in [1.82, 2.24) is 25.2 Å². The average molecular weight is 738 g/mol. The van der Waals surface area contributed by atoms with Gasteiger partial charge in [-0.25, -0.2) is 22.4 Å². The zero-order valence-corrected chi connectivity index (χ0v) is 31.3. The molecule has 4 aliphatic rings. The molecule has 284 valence electrons. The molecule has 2 aliphatic heterocycles. The first-order valence-electron chi connectivity index (χ1n) is 17.1. The fraction of sp³-hybridized carbons (Fsp3) is 0.629. The summed E-state index contributed by atoms with van der Waals surface area (Å²) < 4.78 is 44.9. The standard InChI is InChI=1S/C22H34N4O7S.C9H8FNO2.C4H10/c1-6-14-11-22(14,19(29)25-34(31,32)15-7-8-15)24-18(28)17-13(2)9-10-26(17)16(27)12-23-20(30)33-21(3,4)5;10-8-3-1-2-6-4-11(9(12)13)5-7(6)8;1-4(2)3/h6,13-15,17H,1,7-12H2,2-5H3,(H,23,30)(H,24,28)(H,25,29);1-3H,4-5H2,(H,12,13);4H,1-3H3/t13-,14?,17?,22+;;/m0../s1. The Balaban J connectivity index is 0.000000338. The molecule has 0 radical (unpaired) electrons. The molecule has 2 saturated carbocycles. The highest BCUT2D eigenvalue weighted by Crippen LogP contribution is 2.45. The van der Waals surface area contributed by atoms with Gasteiger partial charge in [0.15, 0.2) is 0 Å². The number of nitrogens with zero attached hydrogens (tertiary/aromatic N) is 2. The summed E-state index contributed by atoms with van der Waals surface area (Å²) in [6.07, 6.45) is 1.56. The van der Waals surface area contributed by atoms with Gasteiger partial charge in [0, 0.05) is 24.6 Å². The van der Waals surface area contributed by atoms with E-state index in [1.165, 1.54) is 21.9 Å². The maximum Gasteiger partial charge on any atom is 0.408 e. The van der Waals surface area contributed by atoms with Crippen LogP contribution in [0.4, 0.5) is 14.0 Å². The lowest BCUT2D eigenvalue weighted by Gasteiger charge is -2.29. The number of alkyl carbamates (subject to hydrolysis) is 1. The third-order valence-electron chi connectivity index (χ3n) is 8.52. The van der Waals surface area contributed by atoms with Gasteiger partial charge in [-0.3, -0.25) is 24.0 Å². The van der Waals surface area contributed by atoms with Gasteiger partial charge in [0.25, 0.3) is 5.91 Å². The van der Waals surface area contributed by atoms with Crippen molar-refractivity contribution in [2.75, 3.05) is 13.1 Å². The van der Waals surface area contributed by atoms with Gasteiger partial charge in [-0.1, -0.05) is 45.9 Å². The monoisotopic (exact) mass is 737 g/mol. The number of carbonyl (C=O) groups is 5. The SMILES string of the molecule is C=CC1C[C@]1(NC(=O)C1[C@@H](C)CCN1C(=O)CNC(=O)OC(C)(C)C)C(=O)NS(=O)(=O)C1CC1.CC(C)C.O=C(O)N1Cc2cccc(F)c2C1. The van der Waals surface area contributed by atoms with Gasteiger partial charge in [-0.2, -0.15) is 0 Å². The highest BCUT2D eigenvalue weighted by atomic mass is 32.2. The summed E-state index contributed by atoms with van der Waals surface area (Å²) in [6, 6.07) is 3.84. The molecule has 5 amide bonds. The number of ether oxygens (including phenoxy) is 1. The van der Waals surface area contributed by atoms with Gasteiger partial charge < -0.3 is 25.4 Å². The molecular formula is C35H52FN5O9S. The predicted octanol–water partition coefficient (Wildman–Crippen LogP) is 3.90. The van der Waals surface area contributed by atoms with Gasteiger partial charge in [0.2, 0.25) is 21.8 Å². The number of sulfonamides is 1. The third-order valence-corrected chi connectivity index (χ3v) is 10.3. The smallest absolute Gasteiger partial charge is 0.408 e. The zero-order chi connectivity index (χ0) is 38.5. The highest BCUT2D eigenvalue weighted by Gasteiger charge is 2.62. The number of amides is 5. The Kier molecular flexibility index (Phi) is 13.3. The minimum Gasteiger partial charge on any atom is -0.465 e. The van der Waals surface area contributed by atoms with Crippen LogP contribution in [0.1, 0.15) is 85.3 Å². The predicted molar refractivity (Wildman–Crippen MR) is 187 cm³/mol. The van der Waals surface area contributed by atoms with Crippen molar-refractivity contribution in [3.05, 3.63) is 47.8 Å². The van der Waals surface area contributed by atoms with E-state index < -0.39 is 68.3 Å². The minimum atomic E-state index is -3.78. The van der Waals surface area contributed by atoms with E-state index in [1.54, 1.807) is 32.9 Å². The van der Waals surface area contributed by atoms with Crippen LogP contribution in [0.3, 0.4) is 0 Å². The fourth-order valence-corrected chi connectivity index (χ4v) is 7.08. The van der Waals surface area contributed by atoms with Crippen molar-refractivity contribution in [3.8, 4) is 0 Å². The van der Waals surface area contributed by atoms with Gasteiger partial charge in [-0.05, 0) is 69.9 Å². The molecule has 16 heteroatoms. The van der Waals surface area contributed by atoms with E-state index in [4.69, 9.17) is 9.84 Å². The van der Waals surface area contributed by atoms with E-state index in [0.29, 0.717) is 37.9 Å². The first-order valence-corrected chi connectivity index (χ1v) is 18.7. The number of rotatable bonds is 8. The number of hydrogen-bond acceptors (Lipinski definition) is 8. The van der Waals surface area contributed by atoms with Crippen molar-refractivity contribution >= 4 is 39.9 Å². The maximum atomic E-state index is 13.2. The van der Waals surface area contributed by atoms with Crippen LogP contribution in [0.15, 0.2) is 30.9 Å². The van der Waals surface area contributed by atoms with Gasteiger partial charge >= 0.3 is 12.2 Å². The average Bonchev–Trinajstić information content (AvgIpc) is 3.90. The molecule has 2 aliphatic carbocycles. The number of fused-ring (bicyclic) bond motifs is 1. The Morgan fingerprint density at radius 1 is 1.12 bits per heavy atom. The zero-order valence-electron chi connectivity index (χ0n) is 30.5. The second-order valence-electron chi connectivity index (χ2n) is 15.1. The molecule has 4 N–H and O–H groups in total. The van der Waals surface area contributed by atoms with E-state index >= 15 is 0 Å². The molecule has 5 rings (SSSR count). The first kappa shape index (κ1) is 41.2. The number of benzene rings is 1. The molecule has 0 bridgehead atoms. The van der Waals surface area contributed by atoms with Gasteiger partial charge in [0.05, 0.1) is 11.8 Å². The topological polar surface area (TPSA) is 192 Å². The van der Waals surface area contributed by atoms with E-state index in [-0.39, 0.29) is 31.2 Å². The molecule has 4 atom stereocenters. The Morgan fingerprint density at radius 2 is 1.75 bits per heavy atom. The van der Waals surface area contributed by atoms with Crippen LogP contribution in [0.5, 0.6) is 0 Å². The molecule has 2 heterocycles. The van der Waals surface area contributed by atoms with E-state index in [1.807, 2.05) is 6.92 Å². The van der Waals surface area contributed by atoms with Gasteiger partial charge in [0.1, 0.15) is 29.5 Å². The summed E-state index contributed by atoms with van der Waals surface area (Å²) in [5.41, 5.74) is -0.856. The molecule has 1 aromatic carbocycles. The van der Waals surface area contributed by atoms with Crippen LogP contribution in [0, 0.1) is 23.6 Å². The number of carbonyl (C=O) groups excluding carboxylic acids is 4. The maximum absolute atomic E-state index is 13.2. The van der Waals surface area contributed by atoms with Crippen LogP contribution >= 0.6 is 0 Å². The molecule has 0 aromatic heterocycles. The molecule has 51 heavy (non-hydrogen) atoms. The van der Waals surface area contributed by atoms with Crippen LogP contribution in [-0.2, 0) is 42.2 Å². The summed E-state index contributed by atoms with van der Waals surface area (Å²) in [5.74, 6) is -1.88. The lowest BCUT2D eigenvalue weighted by atomic mass is 10.0. The Morgan fingerprint density at radius 3 is 2.25 bits per heavy atom. The summed E-state index contributed by atoms with van der Waals surface area (Å²) >= 11 is 0.